The maximum atomic E-state index is 11.5. The lowest BCUT2D eigenvalue weighted by atomic mass is 10.3. The fourth-order valence-electron chi connectivity index (χ4n) is 1.95. The zero-order valence-corrected chi connectivity index (χ0v) is 13.2. The van der Waals surface area contributed by atoms with Gasteiger partial charge < -0.3 is 5.32 Å². The average Bonchev–Trinajstić information content (AvgIpc) is 2.86. The van der Waals surface area contributed by atoms with Crippen LogP contribution in [0.5, 0.6) is 0 Å². The predicted molar refractivity (Wildman–Crippen MR) is 82.6 cm³/mol. The van der Waals surface area contributed by atoms with Gasteiger partial charge in [0.15, 0.2) is 0 Å². The van der Waals surface area contributed by atoms with Gasteiger partial charge in [0, 0.05) is 19.6 Å². The Morgan fingerprint density at radius 1 is 1.40 bits per heavy atom. The quantitative estimate of drug-likeness (QED) is 0.788. The maximum absolute atomic E-state index is 11.5. The van der Waals surface area contributed by atoms with Gasteiger partial charge in [-0.05, 0) is 17.9 Å². The Morgan fingerprint density at radius 2 is 2.20 bits per heavy atom. The second-order valence-electron chi connectivity index (χ2n) is 4.40. The third-order valence-electron chi connectivity index (χ3n) is 2.96. The Bertz CT molecular complexity index is 669. The first-order valence-electron chi connectivity index (χ1n) is 6.39. The van der Waals surface area contributed by atoms with Gasteiger partial charge in [0.2, 0.25) is 10.0 Å². The van der Waals surface area contributed by atoms with E-state index in [1.165, 1.54) is 16.9 Å². The van der Waals surface area contributed by atoms with Crippen LogP contribution in [0.25, 0.3) is 10.2 Å². The van der Waals surface area contributed by atoms with Crippen LogP contribution in [0.1, 0.15) is 13.3 Å². The van der Waals surface area contributed by atoms with Gasteiger partial charge in [-0.15, -0.1) is 11.3 Å². The van der Waals surface area contributed by atoms with Crippen molar-refractivity contribution < 1.29 is 8.42 Å². The Kier molecular flexibility index (Phi) is 4.90. The largest absolute Gasteiger partial charge is 0.369 e. The summed E-state index contributed by atoms with van der Waals surface area (Å²) < 4.78 is 24.4. The summed E-state index contributed by atoms with van der Waals surface area (Å²) in [6.07, 6.45) is 3.51. The Morgan fingerprint density at radius 3 is 2.90 bits per heavy atom. The summed E-state index contributed by atoms with van der Waals surface area (Å²) in [7, 11) is -3.10. The van der Waals surface area contributed by atoms with Crippen molar-refractivity contribution in [3.05, 3.63) is 17.8 Å². The highest BCUT2D eigenvalue weighted by molar-refractivity contribution is 7.88. The van der Waals surface area contributed by atoms with Crippen LogP contribution in [0.2, 0.25) is 0 Å². The summed E-state index contributed by atoms with van der Waals surface area (Å²) in [5.41, 5.74) is 0. The van der Waals surface area contributed by atoms with E-state index in [1.54, 1.807) is 11.3 Å². The monoisotopic (exact) mass is 314 g/mol. The van der Waals surface area contributed by atoms with Crippen molar-refractivity contribution in [1.82, 2.24) is 14.3 Å². The number of rotatable bonds is 7. The number of thiophene rings is 1. The van der Waals surface area contributed by atoms with Crippen LogP contribution < -0.4 is 5.32 Å². The van der Waals surface area contributed by atoms with Crippen LogP contribution in [0.3, 0.4) is 0 Å². The molecule has 2 aromatic rings. The predicted octanol–water partition coefficient (Wildman–Crippen LogP) is 1.77. The van der Waals surface area contributed by atoms with E-state index in [0.717, 1.165) is 22.5 Å². The minimum absolute atomic E-state index is 0.501. The summed E-state index contributed by atoms with van der Waals surface area (Å²) in [6.45, 7) is 3.53. The molecule has 0 aliphatic heterocycles. The first-order valence-corrected chi connectivity index (χ1v) is 9.12. The van der Waals surface area contributed by atoms with E-state index in [1.807, 2.05) is 18.4 Å². The molecule has 0 aliphatic rings. The van der Waals surface area contributed by atoms with Crippen molar-refractivity contribution in [2.45, 2.75) is 13.3 Å². The fourth-order valence-corrected chi connectivity index (χ4v) is 3.61. The Balaban J connectivity index is 1.89. The van der Waals surface area contributed by atoms with Crippen molar-refractivity contribution in [2.75, 3.05) is 31.2 Å². The molecule has 0 aromatic carbocycles. The maximum Gasteiger partial charge on any atom is 0.211 e. The molecule has 110 valence electrons. The highest BCUT2D eigenvalue weighted by Crippen LogP contribution is 2.23. The molecule has 0 fully saturated rings. The van der Waals surface area contributed by atoms with Gasteiger partial charge in [0.05, 0.1) is 11.6 Å². The van der Waals surface area contributed by atoms with E-state index in [4.69, 9.17) is 0 Å². The number of aromatic nitrogens is 2. The molecule has 0 aliphatic carbocycles. The van der Waals surface area contributed by atoms with E-state index in [-0.39, 0.29) is 0 Å². The minimum Gasteiger partial charge on any atom is -0.369 e. The number of nitrogens with one attached hydrogen (secondary N) is 1. The Labute approximate surface area is 122 Å². The third kappa shape index (κ3) is 3.65. The molecule has 0 bridgehead atoms. The topological polar surface area (TPSA) is 75.2 Å². The standard InChI is InChI=1S/C12H18N4O2S2/c1-3-16(20(2,17)18)7-4-6-13-11-10-5-8-19-12(10)15-9-14-11/h5,8-9H,3-4,6-7H2,1-2H3,(H,13,14,15). The number of fused-ring (bicyclic) bond motifs is 1. The molecule has 2 aromatic heterocycles. The van der Waals surface area contributed by atoms with Crippen molar-refractivity contribution in [1.29, 1.82) is 0 Å². The first kappa shape index (κ1) is 15.1. The number of sulfonamides is 1. The van der Waals surface area contributed by atoms with Crippen LogP contribution in [0.15, 0.2) is 17.8 Å². The van der Waals surface area contributed by atoms with Crippen molar-refractivity contribution in [3.8, 4) is 0 Å². The van der Waals surface area contributed by atoms with Gasteiger partial charge >= 0.3 is 0 Å². The molecule has 0 radical (unpaired) electrons. The van der Waals surface area contributed by atoms with E-state index >= 15 is 0 Å². The SMILES string of the molecule is CCN(CCCNc1ncnc2sccc12)S(C)(=O)=O. The molecule has 0 amide bonds. The van der Waals surface area contributed by atoms with Crippen molar-refractivity contribution in [2.24, 2.45) is 0 Å². The molecule has 2 heterocycles. The third-order valence-corrected chi connectivity index (χ3v) is 5.16. The van der Waals surface area contributed by atoms with Gasteiger partial charge in [-0.3, -0.25) is 0 Å². The molecule has 0 spiro atoms. The first-order chi connectivity index (χ1) is 9.52. The summed E-state index contributed by atoms with van der Waals surface area (Å²) in [4.78, 5) is 9.35. The van der Waals surface area contributed by atoms with E-state index in [9.17, 15) is 8.42 Å². The average molecular weight is 314 g/mol. The lowest BCUT2D eigenvalue weighted by Crippen LogP contribution is -2.31. The Hall–Kier alpha value is -1.25. The van der Waals surface area contributed by atoms with Gasteiger partial charge in [-0.1, -0.05) is 6.92 Å². The number of hydrogen-bond donors (Lipinski definition) is 1. The number of hydrogen-bond acceptors (Lipinski definition) is 6. The lowest BCUT2D eigenvalue weighted by molar-refractivity contribution is 0.428. The molecule has 0 atom stereocenters. The molecule has 1 N–H and O–H groups in total. The molecule has 0 saturated heterocycles. The van der Waals surface area contributed by atoms with Crippen LogP contribution >= 0.6 is 11.3 Å². The summed E-state index contributed by atoms with van der Waals surface area (Å²) in [6, 6.07) is 1.98. The van der Waals surface area contributed by atoms with Crippen LogP contribution in [-0.4, -0.2) is 48.6 Å². The lowest BCUT2D eigenvalue weighted by Gasteiger charge is -2.17. The summed E-state index contributed by atoms with van der Waals surface area (Å²) in [5, 5.41) is 6.23. The second kappa shape index (κ2) is 6.47. The summed E-state index contributed by atoms with van der Waals surface area (Å²) in [5.74, 6) is 0.804. The molecular formula is C12H18N4O2S2. The van der Waals surface area contributed by atoms with Gasteiger partial charge in [0.1, 0.15) is 17.0 Å². The molecule has 20 heavy (non-hydrogen) atoms. The minimum atomic E-state index is -3.10. The molecular weight excluding hydrogens is 296 g/mol. The molecule has 0 unspecified atom stereocenters. The van der Waals surface area contributed by atoms with Crippen molar-refractivity contribution >= 4 is 37.4 Å². The van der Waals surface area contributed by atoms with Gasteiger partial charge in [-0.25, -0.2) is 22.7 Å². The molecule has 6 nitrogen and oxygen atoms in total. The van der Waals surface area contributed by atoms with Gasteiger partial charge in [-0.2, -0.15) is 0 Å². The number of nitrogens with zero attached hydrogens (tertiary/aromatic N) is 3. The van der Waals surface area contributed by atoms with Gasteiger partial charge in [0.25, 0.3) is 0 Å². The number of anilines is 1. The zero-order valence-electron chi connectivity index (χ0n) is 11.5. The van der Waals surface area contributed by atoms with Crippen LogP contribution in [0, 0.1) is 0 Å². The fraction of sp³-hybridized carbons (Fsp3) is 0.500. The smallest absolute Gasteiger partial charge is 0.211 e. The van der Waals surface area contributed by atoms with E-state index < -0.39 is 10.0 Å². The van der Waals surface area contributed by atoms with Crippen LogP contribution in [-0.2, 0) is 10.0 Å². The molecule has 8 heteroatoms. The second-order valence-corrected chi connectivity index (χ2v) is 7.27. The highest BCUT2D eigenvalue weighted by Gasteiger charge is 2.13. The van der Waals surface area contributed by atoms with Crippen LogP contribution in [0.4, 0.5) is 5.82 Å². The highest BCUT2D eigenvalue weighted by atomic mass is 32.2. The molecule has 0 saturated carbocycles. The molecule has 2 rings (SSSR count). The normalized spacial score (nSPS) is 12.2. The van der Waals surface area contributed by atoms with E-state index in [2.05, 4.69) is 15.3 Å². The van der Waals surface area contributed by atoms with Crippen molar-refractivity contribution in [3.63, 3.8) is 0 Å². The van der Waals surface area contributed by atoms with E-state index in [0.29, 0.717) is 19.6 Å². The summed E-state index contributed by atoms with van der Waals surface area (Å²) >= 11 is 1.57. The zero-order chi connectivity index (χ0) is 14.6.